The van der Waals surface area contributed by atoms with E-state index in [1.165, 1.54) is 11.3 Å². The van der Waals surface area contributed by atoms with E-state index in [9.17, 15) is 4.79 Å². The Hall–Kier alpha value is -2.11. The fraction of sp³-hybridized carbons (Fsp3) is 0.176. The molecule has 6 heteroatoms. The summed E-state index contributed by atoms with van der Waals surface area (Å²) in [6.07, 6.45) is 4.60. The molecule has 3 aromatic rings. The van der Waals surface area contributed by atoms with Crippen molar-refractivity contribution in [3.63, 3.8) is 0 Å². The van der Waals surface area contributed by atoms with Gasteiger partial charge in [-0.2, -0.15) is 0 Å². The first-order valence-electron chi connectivity index (χ1n) is 7.27. The van der Waals surface area contributed by atoms with E-state index in [-0.39, 0.29) is 5.91 Å². The summed E-state index contributed by atoms with van der Waals surface area (Å²) in [5.41, 5.74) is 1.89. The Morgan fingerprint density at radius 3 is 2.65 bits per heavy atom. The number of carbonyl (C=O) groups excluding carboxylic acids is 1. The molecule has 3 rings (SSSR count). The van der Waals surface area contributed by atoms with Crippen molar-refractivity contribution in [3.8, 4) is 5.13 Å². The van der Waals surface area contributed by atoms with Gasteiger partial charge in [-0.3, -0.25) is 4.79 Å². The number of amides is 1. The van der Waals surface area contributed by atoms with Gasteiger partial charge in [-0.05, 0) is 43.2 Å². The number of thiazole rings is 1. The van der Waals surface area contributed by atoms with Crippen molar-refractivity contribution in [2.45, 2.75) is 13.3 Å². The van der Waals surface area contributed by atoms with Crippen molar-refractivity contribution in [2.75, 3.05) is 6.54 Å². The minimum atomic E-state index is -0.0765. The number of aryl methyl sites for hydroxylation is 1. The van der Waals surface area contributed by atoms with Crippen molar-refractivity contribution >= 4 is 28.8 Å². The maximum atomic E-state index is 12.3. The molecule has 1 aromatic carbocycles. The second-order valence-electron chi connectivity index (χ2n) is 5.13. The lowest BCUT2D eigenvalue weighted by atomic mass is 10.1. The number of carbonyl (C=O) groups is 1. The predicted molar refractivity (Wildman–Crippen MR) is 93.7 cm³/mol. The van der Waals surface area contributed by atoms with Gasteiger partial charge in [0.25, 0.3) is 5.91 Å². The van der Waals surface area contributed by atoms with Gasteiger partial charge in [0.2, 0.25) is 0 Å². The molecule has 0 radical (unpaired) electrons. The van der Waals surface area contributed by atoms with Crippen LogP contribution in [-0.2, 0) is 6.42 Å². The molecule has 2 aromatic heterocycles. The number of benzene rings is 1. The first-order valence-corrected chi connectivity index (χ1v) is 8.46. The van der Waals surface area contributed by atoms with E-state index >= 15 is 0 Å². The molecular formula is C17H16ClN3OS. The zero-order valence-corrected chi connectivity index (χ0v) is 14.2. The van der Waals surface area contributed by atoms with Crippen LogP contribution in [0.15, 0.2) is 48.8 Å². The van der Waals surface area contributed by atoms with Gasteiger partial charge in [0.05, 0.1) is 5.69 Å². The fourth-order valence-electron chi connectivity index (χ4n) is 2.22. The van der Waals surface area contributed by atoms with E-state index in [0.29, 0.717) is 11.4 Å². The SMILES string of the molecule is Cc1nc(-n2cccc2)sc1C(=O)NCCc1ccc(Cl)cc1. The molecule has 0 saturated carbocycles. The third-order valence-corrected chi connectivity index (χ3v) is 4.85. The second-order valence-corrected chi connectivity index (χ2v) is 6.55. The molecule has 23 heavy (non-hydrogen) atoms. The minimum Gasteiger partial charge on any atom is -0.351 e. The van der Waals surface area contributed by atoms with Crippen molar-refractivity contribution in [3.05, 3.63) is 69.9 Å². The largest absolute Gasteiger partial charge is 0.351 e. The summed E-state index contributed by atoms with van der Waals surface area (Å²) in [4.78, 5) is 17.4. The van der Waals surface area contributed by atoms with Crippen LogP contribution in [0.2, 0.25) is 5.02 Å². The van der Waals surface area contributed by atoms with Crippen LogP contribution in [0, 0.1) is 6.92 Å². The van der Waals surface area contributed by atoms with E-state index in [4.69, 9.17) is 11.6 Å². The third-order valence-electron chi connectivity index (χ3n) is 3.43. The Morgan fingerprint density at radius 1 is 1.26 bits per heavy atom. The molecular weight excluding hydrogens is 330 g/mol. The molecule has 0 unspecified atom stereocenters. The molecule has 2 heterocycles. The lowest BCUT2D eigenvalue weighted by Gasteiger charge is -2.04. The Bertz CT molecular complexity index is 794. The molecule has 4 nitrogen and oxygen atoms in total. The van der Waals surface area contributed by atoms with Gasteiger partial charge in [0.1, 0.15) is 4.88 Å². The number of nitrogens with zero attached hydrogens (tertiary/aromatic N) is 2. The Kier molecular flexibility index (Phi) is 4.79. The van der Waals surface area contributed by atoms with Crippen molar-refractivity contribution in [1.29, 1.82) is 0 Å². The highest BCUT2D eigenvalue weighted by Gasteiger charge is 2.15. The number of hydrogen-bond donors (Lipinski definition) is 1. The standard InChI is InChI=1S/C17H16ClN3OS/c1-12-15(23-17(20-12)21-10-2-3-11-21)16(22)19-9-8-13-4-6-14(18)7-5-13/h2-7,10-11H,8-9H2,1H3,(H,19,22). The predicted octanol–water partition coefficient (Wildman–Crippen LogP) is 3.87. The molecule has 0 fully saturated rings. The van der Waals surface area contributed by atoms with Crippen LogP contribution in [0.5, 0.6) is 0 Å². The molecule has 118 valence electrons. The third kappa shape index (κ3) is 3.81. The molecule has 0 aliphatic rings. The summed E-state index contributed by atoms with van der Waals surface area (Å²) in [7, 11) is 0. The summed E-state index contributed by atoms with van der Waals surface area (Å²) >= 11 is 7.26. The molecule has 0 aliphatic carbocycles. The van der Waals surface area contributed by atoms with Gasteiger partial charge in [-0.15, -0.1) is 0 Å². The van der Waals surface area contributed by atoms with Crippen LogP contribution in [0.3, 0.4) is 0 Å². The first kappa shape index (κ1) is 15.8. The number of hydrogen-bond acceptors (Lipinski definition) is 3. The van der Waals surface area contributed by atoms with Gasteiger partial charge in [0, 0.05) is 24.0 Å². The second kappa shape index (κ2) is 6.98. The van der Waals surface area contributed by atoms with Crippen molar-refractivity contribution in [2.24, 2.45) is 0 Å². The molecule has 0 bridgehead atoms. The molecule has 1 N–H and O–H groups in total. The number of halogens is 1. The summed E-state index contributed by atoms with van der Waals surface area (Å²) in [5, 5.41) is 4.47. The topological polar surface area (TPSA) is 46.9 Å². The smallest absolute Gasteiger partial charge is 0.263 e. The van der Waals surface area contributed by atoms with Gasteiger partial charge < -0.3 is 9.88 Å². The lowest BCUT2D eigenvalue weighted by molar-refractivity contribution is 0.0957. The number of rotatable bonds is 5. The van der Waals surface area contributed by atoms with E-state index < -0.39 is 0 Å². The summed E-state index contributed by atoms with van der Waals surface area (Å²) in [6.45, 7) is 2.44. The van der Waals surface area contributed by atoms with Gasteiger partial charge >= 0.3 is 0 Å². The quantitative estimate of drug-likeness (QED) is 0.763. The lowest BCUT2D eigenvalue weighted by Crippen LogP contribution is -2.25. The maximum Gasteiger partial charge on any atom is 0.263 e. The van der Waals surface area contributed by atoms with Gasteiger partial charge in [-0.25, -0.2) is 4.98 Å². The maximum absolute atomic E-state index is 12.3. The van der Waals surface area contributed by atoms with E-state index in [1.54, 1.807) is 0 Å². The van der Waals surface area contributed by atoms with Gasteiger partial charge in [0.15, 0.2) is 5.13 Å². The first-order chi connectivity index (χ1) is 11.1. The average molecular weight is 346 g/mol. The molecule has 1 amide bonds. The van der Waals surface area contributed by atoms with Gasteiger partial charge in [-0.1, -0.05) is 35.1 Å². The molecule has 0 aliphatic heterocycles. The van der Waals surface area contributed by atoms with Crippen LogP contribution >= 0.6 is 22.9 Å². The number of aromatic nitrogens is 2. The summed E-state index contributed by atoms with van der Waals surface area (Å²) in [6, 6.07) is 11.5. The molecule has 0 spiro atoms. The fourth-order valence-corrected chi connectivity index (χ4v) is 3.29. The highest BCUT2D eigenvalue weighted by molar-refractivity contribution is 7.16. The molecule has 0 saturated heterocycles. The highest BCUT2D eigenvalue weighted by Crippen LogP contribution is 2.21. The monoisotopic (exact) mass is 345 g/mol. The molecule has 0 atom stereocenters. The summed E-state index contributed by atoms with van der Waals surface area (Å²) in [5.74, 6) is -0.0765. The van der Waals surface area contributed by atoms with Crippen LogP contribution in [0.1, 0.15) is 20.9 Å². The number of nitrogens with one attached hydrogen (secondary N) is 1. The minimum absolute atomic E-state index is 0.0765. The normalized spacial score (nSPS) is 10.7. The van der Waals surface area contributed by atoms with E-state index in [1.807, 2.05) is 60.3 Å². The van der Waals surface area contributed by atoms with E-state index in [2.05, 4.69) is 10.3 Å². The van der Waals surface area contributed by atoms with Crippen LogP contribution in [0.4, 0.5) is 0 Å². The average Bonchev–Trinajstić information content (AvgIpc) is 3.18. The highest BCUT2D eigenvalue weighted by atomic mass is 35.5. The van der Waals surface area contributed by atoms with Crippen LogP contribution in [0.25, 0.3) is 5.13 Å². The zero-order valence-electron chi connectivity index (χ0n) is 12.6. The Morgan fingerprint density at radius 2 is 1.96 bits per heavy atom. The Labute approximate surface area is 143 Å². The van der Waals surface area contributed by atoms with E-state index in [0.717, 1.165) is 27.8 Å². The van der Waals surface area contributed by atoms with Crippen LogP contribution < -0.4 is 5.32 Å². The van der Waals surface area contributed by atoms with Crippen molar-refractivity contribution < 1.29 is 4.79 Å². The zero-order chi connectivity index (χ0) is 16.2. The summed E-state index contributed by atoms with van der Waals surface area (Å²) < 4.78 is 1.90. The Balaban J connectivity index is 1.61. The van der Waals surface area contributed by atoms with Crippen molar-refractivity contribution in [1.82, 2.24) is 14.9 Å². The van der Waals surface area contributed by atoms with Crippen LogP contribution in [-0.4, -0.2) is 22.0 Å².